The Bertz CT molecular complexity index is 648. The summed E-state index contributed by atoms with van der Waals surface area (Å²) in [7, 11) is 0. The lowest BCUT2D eigenvalue weighted by Crippen LogP contribution is -2.28. The molecule has 1 aliphatic heterocycles. The van der Waals surface area contributed by atoms with Gasteiger partial charge in [-0.15, -0.1) is 11.3 Å². The number of aromatic nitrogens is 1. The van der Waals surface area contributed by atoms with E-state index in [2.05, 4.69) is 22.0 Å². The van der Waals surface area contributed by atoms with Crippen molar-refractivity contribution in [1.82, 2.24) is 4.98 Å². The van der Waals surface area contributed by atoms with Gasteiger partial charge in [0.1, 0.15) is 0 Å². The zero-order valence-electron chi connectivity index (χ0n) is 11.8. The highest BCUT2D eigenvalue weighted by Crippen LogP contribution is 2.30. The molecule has 0 saturated heterocycles. The number of ketones is 1. The zero-order valence-corrected chi connectivity index (χ0v) is 12.7. The first kappa shape index (κ1) is 13.3. The molecule has 20 heavy (non-hydrogen) atoms. The lowest BCUT2D eigenvalue weighted by molar-refractivity contribution is 0.101. The van der Waals surface area contributed by atoms with Crippen molar-refractivity contribution in [2.45, 2.75) is 33.2 Å². The van der Waals surface area contributed by atoms with E-state index in [-0.39, 0.29) is 5.78 Å². The van der Waals surface area contributed by atoms with Crippen LogP contribution in [0.4, 0.5) is 5.69 Å². The minimum atomic E-state index is 0.142. The maximum Gasteiger partial charge on any atom is 0.159 e. The molecule has 0 unspecified atom stereocenters. The maximum atomic E-state index is 11.5. The van der Waals surface area contributed by atoms with Crippen molar-refractivity contribution in [2.75, 3.05) is 11.4 Å². The molecule has 0 amide bonds. The lowest BCUT2D eigenvalue weighted by atomic mass is 9.98. The molecule has 1 aliphatic rings. The van der Waals surface area contributed by atoms with Crippen molar-refractivity contribution in [3.8, 4) is 0 Å². The van der Waals surface area contributed by atoms with Crippen LogP contribution in [0.2, 0.25) is 0 Å². The van der Waals surface area contributed by atoms with Gasteiger partial charge in [0.05, 0.1) is 11.6 Å². The summed E-state index contributed by atoms with van der Waals surface area (Å²) >= 11 is 1.76. The summed E-state index contributed by atoms with van der Waals surface area (Å²) in [5.74, 6) is 0.142. The van der Waals surface area contributed by atoms with E-state index in [0.29, 0.717) is 0 Å². The molecule has 0 aliphatic carbocycles. The average Bonchev–Trinajstić information content (AvgIpc) is 2.84. The molecule has 0 radical (unpaired) electrons. The van der Waals surface area contributed by atoms with E-state index in [9.17, 15) is 4.79 Å². The Morgan fingerprint density at radius 3 is 3.00 bits per heavy atom. The number of hydrogen-bond acceptors (Lipinski definition) is 4. The van der Waals surface area contributed by atoms with Crippen LogP contribution in [0, 0.1) is 6.92 Å². The topological polar surface area (TPSA) is 33.2 Å². The van der Waals surface area contributed by atoms with Gasteiger partial charge < -0.3 is 4.90 Å². The van der Waals surface area contributed by atoms with Crippen LogP contribution >= 0.6 is 11.3 Å². The van der Waals surface area contributed by atoms with Gasteiger partial charge in [-0.05, 0) is 50.5 Å². The SMILES string of the molecule is CC(=O)c1ccc2c(c1)CCCN2Cc1cnc(C)s1. The second-order valence-electron chi connectivity index (χ2n) is 5.27. The van der Waals surface area contributed by atoms with Crippen molar-refractivity contribution in [1.29, 1.82) is 0 Å². The van der Waals surface area contributed by atoms with E-state index >= 15 is 0 Å². The van der Waals surface area contributed by atoms with Crippen LogP contribution in [0.15, 0.2) is 24.4 Å². The molecule has 3 nitrogen and oxygen atoms in total. The highest BCUT2D eigenvalue weighted by atomic mass is 32.1. The summed E-state index contributed by atoms with van der Waals surface area (Å²) in [5, 5.41) is 1.11. The summed E-state index contributed by atoms with van der Waals surface area (Å²) in [5.41, 5.74) is 3.39. The number of anilines is 1. The van der Waals surface area contributed by atoms with E-state index in [1.54, 1.807) is 18.3 Å². The van der Waals surface area contributed by atoms with Gasteiger partial charge in [0, 0.05) is 28.9 Å². The maximum absolute atomic E-state index is 11.5. The first-order valence-corrected chi connectivity index (χ1v) is 7.75. The smallest absolute Gasteiger partial charge is 0.159 e. The molecule has 4 heteroatoms. The van der Waals surface area contributed by atoms with Crippen LogP contribution < -0.4 is 4.90 Å². The Balaban J connectivity index is 1.88. The van der Waals surface area contributed by atoms with Crippen molar-refractivity contribution in [2.24, 2.45) is 0 Å². The third-order valence-electron chi connectivity index (χ3n) is 3.72. The number of carbonyl (C=O) groups is 1. The minimum absolute atomic E-state index is 0.142. The molecular formula is C16H18N2OS. The number of fused-ring (bicyclic) bond motifs is 1. The van der Waals surface area contributed by atoms with Crippen LogP contribution in [0.5, 0.6) is 0 Å². The van der Waals surface area contributed by atoms with Crippen LogP contribution in [0.1, 0.15) is 39.2 Å². The Kier molecular flexibility index (Phi) is 3.57. The van der Waals surface area contributed by atoms with Gasteiger partial charge in [-0.1, -0.05) is 0 Å². The van der Waals surface area contributed by atoms with Crippen LogP contribution in [0.3, 0.4) is 0 Å². The van der Waals surface area contributed by atoms with Crippen molar-refractivity contribution < 1.29 is 4.79 Å². The minimum Gasteiger partial charge on any atom is -0.366 e. The second-order valence-corrected chi connectivity index (χ2v) is 6.59. The molecule has 1 aromatic carbocycles. The van der Waals surface area contributed by atoms with Gasteiger partial charge in [-0.2, -0.15) is 0 Å². The highest BCUT2D eigenvalue weighted by Gasteiger charge is 2.18. The third-order valence-corrected chi connectivity index (χ3v) is 4.61. The Morgan fingerprint density at radius 2 is 2.30 bits per heavy atom. The number of carbonyl (C=O) groups excluding carboxylic acids is 1. The third kappa shape index (κ3) is 2.61. The second kappa shape index (κ2) is 5.37. The van der Waals surface area contributed by atoms with Crippen molar-refractivity contribution in [3.63, 3.8) is 0 Å². The summed E-state index contributed by atoms with van der Waals surface area (Å²) in [6.45, 7) is 5.65. The molecule has 1 aromatic heterocycles. The number of hydrogen-bond donors (Lipinski definition) is 0. The van der Waals surface area contributed by atoms with Crippen LogP contribution in [-0.4, -0.2) is 17.3 Å². The van der Waals surface area contributed by atoms with Gasteiger partial charge >= 0.3 is 0 Å². The molecule has 104 valence electrons. The van der Waals surface area contributed by atoms with Gasteiger partial charge in [0.2, 0.25) is 0 Å². The fourth-order valence-electron chi connectivity index (χ4n) is 2.72. The molecular weight excluding hydrogens is 268 g/mol. The summed E-state index contributed by atoms with van der Waals surface area (Å²) in [6.07, 6.45) is 4.18. The Morgan fingerprint density at radius 1 is 1.45 bits per heavy atom. The fraction of sp³-hybridized carbons (Fsp3) is 0.375. The number of Topliss-reactive ketones (excluding diaryl/α,β-unsaturated/α-hetero) is 1. The van der Waals surface area contributed by atoms with E-state index < -0.39 is 0 Å². The molecule has 2 heterocycles. The van der Waals surface area contributed by atoms with Gasteiger partial charge in [-0.3, -0.25) is 4.79 Å². The summed E-state index contributed by atoms with van der Waals surface area (Å²) < 4.78 is 0. The quantitative estimate of drug-likeness (QED) is 0.808. The first-order valence-electron chi connectivity index (χ1n) is 6.93. The summed E-state index contributed by atoms with van der Waals surface area (Å²) in [6, 6.07) is 6.10. The predicted molar refractivity (Wildman–Crippen MR) is 82.7 cm³/mol. The molecule has 0 N–H and O–H groups in total. The number of benzene rings is 1. The molecule has 0 fully saturated rings. The standard InChI is InChI=1S/C16H18N2OS/c1-11(19)13-5-6-16-14(8-13)4-3-7-18(16)10-15-9-17-12(2)20-15/h5-6,8-9H,3-4,7,10H2,1-2H3. The van der Waals surface area contributed by atoms with Crippen molar-refractivity contribution >= 4 is 22.8 Å². The van der Waals surface area contributed by atoms with E-state index in [1.807, 2.05) is 19.2 Å². The number of nitrogens with zero attached hydrogens (tertiary/aromatic N) is 2. The van der Waals surface area contributed by atoms with Gasteiger partial charge in [0.25, 0.3) is 0 Å². The monoisotopic (exact) mass is 286 g/mol. The summed E-state index contributed by atoms with van der Waals surface area (Å²) in [4.78, 5) is 19.5. The number of thiazole rings is 1. The number of rotatable bonds is 3. The van der Waals surface area contributed by atoms with Crippen LogP contribution in [-0.2, 0) is 13.0 Å². The molecule has 0 bridgehead atoms. The van der Waals surface area contributed by atoms with Crippen molar-refractivity contribution in [3.05, 3.63) is 45.4 Å². The zero-order chi connectivity index (χ0) is 14.1. The Labute approximate surface area is 123 Å². The highest BCUT2D eigenvalue weighted by molar-refractivity contribution is 7.11. The molecule has 0 atom stereocenters. The molecule has 2 aromatic rings. The van der Waals surface area contributed by atoms with E-state index in [0.717, 1.165) is 36.5 Å². The van der Waals surface area contributed by atoms with E-state index in [4.69, 9.17) is 0 Å². The fourth-order valence-corrected chi connectivity index (χ4v) is 3.54. The number of aryl methyl sites for hydroxylation is 2. The molecule has 3 rings (SSSR count). The van der Waals surface area contributed by atoms with E-state index in [1.165, 1.54) is 16.1 Å². The largest absolute Gasteiger partial charge is 0.366 e. The molecule has 0 saturated carbocycles. The molecule has 0 spiro atoms. The van der Waals surface area contributed by atoms with Gasteiger partial charge in [0.15, 0.2) is 5.78 Å². The average molecular weight is 286 g/mol. The normalized spacial score (nSPS) is 14.2. The van der Waals surface area contributed by atoms with Crippen LogP contribution in [0.25, 0.3) is 0 Å². The van der Waals surface area contributed by atoms with Gasteiger partial charge in [-0.25, -0.2) is 4.98 Å². The lowest BCUT2D eigenvalue weighted by Gasteiger charge is -2.31. The first-order chi connectivity index (χ1) is 9.63. The predicted octanol–water partition coefficient (Wildman–Crippen LogP) is 3.61. The Hall–Kier alpha value is -1.68.